The zero-order chi connectivity index (χ0) is 13.0. The van der Waals surface area contributed by atoms with Gasteiger partial charge in [0.2, 0.25) is 0 Å². The molecule has 0 radical (unpaired) electrons. The van der Waals surface area contributed by atoms with Crippen LogP contribution in [0.4, 0.5) is 11.4 Å². The van der Waals surface area contributed by atoms with Crippen LogP contribution in [0.3, 0.4) is 0 Å². The van der Waals surface area contributed by atoms with Gasteiger partial charge < -0.3 is 20.6 Å². The number of ether oxygens (including phenoxy) is 1. The van der Waals surface area contributed by atoms with Crippen LogP contribution in [0.15, 0.2) is 16.6 Å². The van der Waals surface area contributed by atoms with Gasteiger partial charge in [-0.3, -0.25) is 0 Å². The topological polar surface area (TPSA) is 84.7 Å². The molecule has 1 rings (SSSR count). The number of anilines is 2. The number of hydrogen-bond acceptors (Lipinski definition) is 5. The lowest BCUT2D eigenvalue weighted by molar-refractivity contribution is 0.0376. The summed E-state index contributed by atoms with van der Waals surface area (Å²) in [6.07, 6.45) is -0.469. The summed E-state index contributed by atoms with van der Waals surface area (Å²) in [5, 5.41) is 10.5. The fraction of sp³-hybridized carbons (Fsp3) is 0.455. The maximum absolute atomic E-state index is 9.09. The van der Waals surface area contributed by atoms with E-state index >= 15 is 0 Å². The zero-order valence-electron chi connectivity index (χ0n) is 9.98. The first-order chi connectivity index (χ1) is 7.91. The molecule has 1 aromatic rings. The van der Waals surface area contributed by atoms with Crippen molar-refractivity contribution in [3.63, 3.8) is 0 Å². The van der Waals surface area contributed by atoms with Gasteiger partial charge in [-0.1, -0.05) is 0 Å². The van der Waals surface area contributed by atoms with E-state index < -0.39 is 6.10 Å². The van der Waals surface area contributed by atoms with Crippen molar-refractivity contribution in [2.24, 2.45) is 5.84 Å². The Morgan fingerprint density at radius 2 is 2.18 bits per heavy atom. The number of benzene rings is 1. The van der Waals surface area contributed by atoms with Crippen LogP contribution in [0.5, 0.6) is 0 Å². The highest BCUT2D eigenvalue weighted by atomic mass is 79.9. The molecule has 0 aliphatic heterocycles. The second-order valence-electron chi connectivity index (χ2n) is 3.99. The van der Waals surface area contributed by atoms with Crippen LogP contribution in [0.2, 0.25) is 0 Å². The van der Waals surface area contributed by atoms with Crippen LogP contribution in [-0.4, -0.2) is 24.9 Å². The molecule has 0 heterocycles. The Morgan fingerprint density at radius 1 is 1.53 bits per heavy atom. The summed E-state index contributed by atoms with van der Waals surface area (Å²) in [7, 11) is 1.72. The van der Waals surface area contributed by atoms with Gasteiger partial charge in [-0.15, -0.1) is 0 Å². The van der Waals surface area contributed by atoms with Gasteiger partial charge in [0.25, 0.3) is 0 Å². The second-order valence-corrected chi connectivity index (χ2v) is 4.84. The molecule has 1 aromatic carbocycles. The van der Waals surface area contributed by atoms with Crippen molar-refractivity contribution in [2.45, 2.75) is 19.6 Å². The SMILES string of the molecule is CC(O)COCc1cc(Br)c(N)c(N(C)N)c1. The number of nitrogens with two attached hydrogens (primary N) is 2. The minimum absolute atomic E-state index is 0.301. The molecule has 0 saturated heterocycles. The largest absolute Gasteiger partial charge is 0.396 e. The third kappa shape index (κ3) is 4.16. The molecule has 0 aliphatic rings. The van der Waals surface area contributed by atoms with E-state index in [0.717, 1.165) is 15.7 Å². The minimum atomic E-state index is -0.469. The highest BCUT2D eigenvalue weighted by molar-refractivity contribution is 9.10. The highest BCUT2D eigenvalue weighted by Gasteiger charge is 2.08. The number of rotatable bonds is 5. The van der Waals surface area contributed by atoms with Gasteiger partial charge in [-0.2, -0.15) is 0 Å². The van der Waals surface area contributed by atoms with Gasteiger partial charge in [0.05, 0.1) is 30.7 Å². The quantitative estimate of drug-likeness (QED) is 0.433. The fourth-order valence-electron chi connectivity index (χ4n) is 1.38. The third-order valence-electron chi connectivity index (χ3n) is 2.18. The van der Waals surface area contributed by atoms with Crippen molar-refractivity contribution >= 4 is 27.3 Å². The normalized spacial score (nSPS) is 12.5. The van der Waals surface area contributed by atoms with E-state index in [4.69, 9.17) is 21.4 Å². The Bertz CT molecular complexity index is 383. The lowest BCUT2D eigenvalue weighted by atomic mass is 10.2. The molecular weight excluding hydrogens is 286 g/mol. The van der Waals surface area contributed by atoms with E-state index in [1.54, 1.807) is 14.0 Å². The molecule has 5 N–H and O–H groups in total. The fourth-order valence-corrected chi connectivity index (χ4v) is 1.88. The van der Waals surface area contributed by atoms with Crippen molar-refractivity contribution in [1.29, 1.82) is 0 Å². The summed E-state index contributed by atoms with van der Waals surface area (Å²) in [5.74, 6) is 5.68. The summed E-state index contributed by atoms with van der Waals surface area (Å²) in [6, 6.07) is 3.74. The van der Waals surface area contributed by atoms with E-state index in [9.17, 15) is 0 Å². The monoisotopic (exact) mass is 303 g/mol. The van der Waals surface area contributed by atoms with Crippen LogP contribution < -0.4 is 16.6 Å². The number of hydrogen-bond donors (Lipinski definition) is 3. The number of nitrogens with zero attached hydrogens (tertiary/aromatic N) is 1. The van der Waals surface area contributed by atoms with Gasteiger partial charge in [0.1, 0.15) is 0 Å². The van der Waals surface area contributed by atoms with Crippen molar-refractivity contribution in [1.82, 2.24) is 0 Å². The van der Waals surface area contributed by atoms with Crippen molar-refractivity contribution in [2.75, 3.05) is 24.4 Å². The molecule has 0 fully saturated rings. The zero-order valence-corrected chi connectivity index (χ0v) is 11.6. The van der Waals surface area contributed by atoms with Gasteiger partial charge in [-0.05, 0) is 40.5 Å². The van der Waals surface area contributed by atoms with Gasteiger partial charge >= 0.3 is 0 Å². The number of aliphatic hydroxyl groups is 1. The van der Waals surface area contributed by atoms with Gasteiger partial charge in [0.15, 0.2) is 0 Å². The average molecular weight is 304 g/mol. The van der Waals surface area contributed by atoms with E-state index in [0.29, 0.717) is 18.9 Å². The lowest BCUT2D eigenvalue weighted by Gasteiger charge is -2.17. The molecule has 17 heavy (non-hydrogen) atoms. The maximum atomic E-state index is 9.09. The molecule has 6 heteroatoms. The predicted molar refractivity (Wildman–Crippen MR) is 72.5 cm³/mol. The van der Waals surface area contributed by atoms with E-state index in [2.05, 4.69) is 15.9 Å². The number of hydrazine groups is 1. The lowest BCUT2D eigenvalue weighted by Crippen LogP contribution is -2.26. The van der Waals surface area contributed by atoms with E-state index in [-0.39, 0.29) is 0 Å². The predicted octanol–water partition coefficient (Wildman–Crippen LogP) is 1.24. The first-order valence-corrected chi connectivity index (χ1v) is 6.03. The average Bonchev–Trinajstić information content (AvgIpc) is 2.22. The number of aliphatic hydroxyl groups excluding tert-OH is 1. The number of nitrogen functional groups attached to an aromatic ring is 1. The standard InChI is InChI=1S/C11H18BrN3O2/c1-7(16)5-17-6-8-3-9(12)11(13)10(4-8)15(2)14/h3-4,7,16H,5-6,13-14H2,1-2H3. The van der Waals surface area contributed by atoms with Crippen LogP contribution in [0.25, 0.3) is 0 Å². The molecule has 1 unspecified atom stereocenters. The Balaban J connectivity index is 2.80. The Hall–Kier alpha value is -0.820. The molecule has 0 aromatic heterocycles. The van der Waals surface area contributed by atoms with Crippen LogP contribution in [0.1, 0.15) is 12.5 Å². The molecule has 96 valence electrons. The summed E-state index contributed by atoms with van der Waals surface area (Å²) < 4.78 is 6.12. The van der Waals surface area contributed by atoms with Crippen molar-refractivity contribution in [3.05, 3.63) is 22.2 Å². The molecular formula is C11H18BrN3O2. The van der Waals surface area contributed by atoms with Crippen LogP contribution >= 0.6 is 15.9 Å². The number of halogens is 1. The Kier molecular flexibility index (Phi) is 5.20. The molecule has 1 atom stereocenters. The van der Waals surface area contributed by atoms with Gasteiger partial charge in [0, 0.05) is 11.5 Å². The highest BCUT2D eigenvalue weighted by Crippen LogP contribution is 2.31. The molecule has 0 amide bonds. The summed E-state index contributed by atoms with van der Waals surface area (Å²) >= 11 is 3.37. The molecule has 0 saturated carbocycles. The molecule has 0 spiro atoms. The van der Waals surface area contributed by atoms with E-state index in [1.165, 1.54) is 5.01 Å². The smallest absolute Gasteiger partial charge is 0.0758 e. The van der Waals surface area contributed by atoms with Crippen LogP contribution in [0, 0.1) is 0 Å². The Morgan fingerprint density at radius 3 is 2.71 bits per heavy atom. The third-order valence-corrected chi connectivity index (χ3v) is 2.83. The summed E-state index contributed by atoms with van der Waals surface area (Å²) in [4.78, 5) is 0. The minimum Gasteiger partial charge on any atom is -0.396 e. The first-order valence-electron chi connectivity index (χ1n) is 5.24. The summed E-state index contributed by atoms with van der Waals surface area (Å²) in [6.45, 7) is 2.39. The van der Waals surface area contributed by atoms with Gasteiger partial charge in [-0.25, -0.2) is 5.84 Å². The van der Waals surface area contributed by atoms with E-state index in [1.807, 2.05) is 12.1 Å². The second kappa shape index (κ2) is 6.20. The van der Waals surface area contributed by atoms with Crippen molar-refractivity contribution < 1.29 is 9.84 Å². The Labute approximate surface area is 109 Å². The van der Waals surface area contributed by atoms with Crippen molar-refractivity contribution in [3.8, 4) is 0 Å². The maximum Gasteiger partial charge on any atom is 0.0758 e. The summed E-state index contributed by atoms with van der Waals surface area (Å²) in [5.41, 5.74) is 8.15. The molecule has 0 aliphatic carbocycles. The first kappa shape index (κ1) is 14.2. The van der Waals surface area contributed by atoms with Crippen LogP contribution in [-0.2, 0) is 11.3 Å². The molecule has 5 nitrogen and oxygen atoms in total. The molecule has 0 bridgehead atoms.